The molecule has 0 amide bonds. The summed E-state index contributed by atoms with van der Waals surface area (Å²) >= 11 is 0. The third-order valence-electron chi connectivity index (χ3n) is 4.27. The molecule has 2 rings (SSSR count). The van der Waals surface area contributed by atoms with Gasteiger partial charge in [-0.1, -0.05) is 6.07 Å². The highest BCUT2D eigenvalue weighted by atomic mass is 31.2. The highest BCUT2D eigenvalue weighted by molar-refractivity contribution is 7.54. The number of anilines is 1. The van der Waals surface area contributed by atoms with Crippen LogP contribution < -0.4 is 5.32 Å². The summed E-state index contributed by atoms with van der Waals surface area (Å²) in [5.41, 5.74) is 2.34. The Labute approximate surface area is 143 Å². The van der Waals surface area contributed by atoms with Crippen molar-refractivity contribution in [3.8, 4) is 0 Å². The van der Waals surface area contributed by atoms with E-state index in [-0.39, 0.29) is 11.9 Å². The van der Waals surface area contributed by atoms with Gasteiger partial charge in [-0.3, -0.25) is 9.36 Å². The molecule has 1 aliphatic heterocycles. The van der Waals surface area contributed by atoms with Gasteiger partial charge < -0.3 is 14.4 Å². The van der Waals surface area contributed by atoms with E-state index in [1.54, 1.807) is 0 Å². The molecule has 2 heterocycles. The number of hydrogen-bond donors (Lipinski definition) is 1. The van der Waals surface area contributed by atoms with Crippen LogP contribution in [0.1, 0.15) is 43.4 Å². The molecule has 6 nitrogen and oxygen atoms in total. The van der Waals surface area contributed by atoms with Gasteiger partial charge in [-0.25, -0.2) is 4.98 Å². The number of unbranched alkanes of at least 4 members (excludes halogenated alkanes) is 1. The van der Waals surface area contributed by atoms with Crippen molar-refractivity contribution in [1.29, 1.82) is 0 Å². The summed E-state index contributed by atoms with van der Waals surface area (Å²) < 4.78 is 21.5. The molecule has 0 aromatic carbocycles. The molecule has 0 radical (unpaired) electrons. The van der Waals surface area contributed by atoms with E-state index in [1.807, 2.05) is 0 Å². The molecular weight excluding hydrogens is 327 g/mol. The first-order valence-electron chi connectivity index (χ1n) is 8.51. The summed E-state index contributed by atoms with van der Waals surface area (Å²) in [6.45, 7) is 0.983. The lowest BCUT2D eigenvalue weighted by Gasteiger charge is -2.12. The van der Waals surface area contributed by atoms with Crippen molar-refractivity contribution < 1.29 is 18.4 Å². The summed E-state index contributed by atoms with van der Waals surface area (Å²) in [6, 6.07) is 4.24. The maximum Gasteiger partial charge on any atom is 0.337 e. The van der Waals surface area contributed by atoms with Crippen LogP contribution in [0.15, 0.2) is 12.1 Å². The second kappa shape index (κ2) is 9.30. The molecule has 0 atom stereocenters. The molecule has 1 aliphatic rings. The molecule has 0 saturated carbocycles. The van der Waals surface area contributed by atoms with Crippen molar-refractivity contribution >= 4 is 19.2 Å². The molecule has 134 valence electrons. The Bertz CT molecular complexity index is 598. The predicted octanol–water partition coefficient (Wildman–Crippen LogP) is 3.60. The van der Waals surface area contributed by atoms with Crippen molar-refractivity contribution in [3.05, 3.63) is 23.4 Å². The third kappa shape index (κ3) is 5.69. The van der Waals surface area contributed by atoms with Crippen molar-refractivity contribution in [2.24, 2.45) is 0 Å². The van der Waals surface area contributed by atoms with Crippen LogP contribution in [0.4, 0.5) is 5.82 Å². The number of hydrogen-bond acceptors (Lipinski definition) is 6. The van der Waals surface area contributed by atoms with Crippen molar-refractivity contribution in [1.82, 2.24) is 4.98 Å². The molecule has 7 heteroatoms. The second-order valence-electron chi connectivity index (χ2n) is 6.07. The van der Waals surface area contributed by atoms with Gasteiger partial charge in [0.1, 0.15) is 17.8 Å². The molecule has 0 fully saturated rings. The van der Waals surface area contributed by atoms with Gasteiger partial charge in [0.25, 0.3) is 0 Å². The van der Waals surface area contributed by atoms with E-state index >= 15 is 0 Å². The first-order chi connectivity index (χ1) is 11.6. The normalized spacial score (nSPS) is 14.6. The van der Waals surface area contributed by atoms with Gasteiger partial charge in [0.05, 0.1) is 0 Å². The average Bonchev–Trinajstić information content (AvgIpc) is 2.83. The highest BCUT2D eigenvalue weighted by Gasteiger charge is 2.24. The predicted molar refractivity (Wildman–Crippen MR) is 94.7 cm³/mol. The molecule has 0 aliphatic carbocycles. The highest BCUT2D eigenvalue weighted by Crippen LogP contribution is 2.46. The quantitative estimate of drug-likeness (QED) is 0.539. The Morgan fingerprint density at radius 2 is 2.04 bits per heavy atom. The zero-order chi connectivity index (χ0) is 17.4. The van der Waals surface area contributed by atoms with Gasteiger partial charge in [-0.05, 0) is 50.2 Å². The van der Waals surface area contributed by atoms with Crippen LogP contribution in [-0.2, 0) is 31.2 Å². The van der Waals surface area contributed by atoms with Gasteiger partial charge in [-0.15, -0.1) is 0 Å². The van der Waals surface area contributed by atoms with Crippen molar-refractivity contribution in [2.45, 2.75) is 44.9 Å². The van der Waals surface area contributed by atoms with E-state index in [2.05, 4.69) is 17.4 Å². The average molecular weight is 354 g/mol. The molecule has 1 aromatic rings. The van der Waals surface area contributed by atoms with E-state index < -0.39 is 7.60 Å². The maximum absolute atomic E-state index is 11.9. The fraction of sp³-hybridized carbons (Fsp3) is 0.647. The Morgan fingerprint density at radius 3 is 2.79 bits per heavy atom. The molecular formula is C17H27N2O4P. The van der Waals surface area contributed by atoms with E-state index in [1.165, 1.54) is 32.6 Å². The van der Waals surface area contributed by atoms with Crippen LogP contribution in [0.3, 0.4) is 0 Å². The molecule has 0 saturated heterocycles. The number of nitrogens with one attached hydrogen (secondary N) is 1. The van der Waals surface area contributed by atoms with E-state index in [0.717, 1.165) is 43.7 Å². The molecule has 0 bridgehead atoms. The standard InChI is InChI=1S/C17H27N2O4P/c1-22-24(21,23-2)13-16(20)9-4-3-8-15-11-10-14-7-5-6-12-18-17(14)19-15/h10-11H,3-9,12-13H2,1-2H3,(H,18,19). The van der Waals surface area contributed by atoms with Crippen LogP contribution in [0, 0.1) is 0 Å². The SMILES string of the molecule is COP(=O)(CC(=O)CCCCc1ccc2c(n1)NCCCC2)OC. The zero-order valence-electron chi connectivity index (χ0n) is 14.5. The number of ketones is 1. The Kier molecular flexibility index (Phi) is 7.40. The lowest BCUT2D eigenvalue weighted by molar-refractivity contribution is -0.117. The minimum absolute atomic E-state index is 0.0846. The van der Waals surface area contributed by atoms with E-state index in [0.29, 0.717) is 6.42 Å². The number of nitrogens with zero attached hydrogens (tertiary/aromatic N) is 1. The second-order valence-corrected chi connectivity index (χ2v) is 8.34. The van der Waals surface area contributed by atoms with Crippen LogP contribution >= 0.6 is 7.60 Å². The smallest absolute Gasteiger partial charge is 0.337 e. The van der Waals surface area contributed by atoms with Gasteiger partial charge in [0.15, 0.2) is 0 Å². The Hall–Kier alpha value is -1.23. The number of pyridine rings is 1. The molecule has 1 N–H and O–H groups in total. The molecule has 1 aromatic heterocycles. The monoisotopic (exact) mass is 354 g/mol. The van der Waals surface area contributed by atoms with Gasteiger partial charge in [-0.2, -0.15) is 0 Å². The van der Waals surface area contributed by atoms with E-state index in [9.17, 15) is 9.36 Å². The number of aryl methyl sites for hydroxylation is 2. The minimum Gasteiger partial charge on any atom is -0.370 e. The summed E-state index contributed by atoms with van der Waals surface area (Å²) in [5, 5.41) is 3.39. The number of Topliss-reactive ketones (excluding diaryl/α,β-unsaturated/α-hetero) is 1. The lowest BCUT2D eigenvalue weighted by Crippen LogP contribution is -2.08. The van der Waals surface area contributed by atoms with Gasteiger partial charge in [0, 0.05) is 32.9 Å². The van der Waals surface area contributed by atoms with Crippen LogP contribution in [0.2, 0.25) is 0 Å². The Morgan fingerprint density at radius 1 is 1.25 bits per heavy atom. The largest absolute Gasteiger partial charge is 0.370 e. The van der Waals surface area contributed by atoms with Gasteiger partial charge >= 0.3 is 7.60 Å². The molecule has 0 unspecified atom stereocenters. The molecule has 24 heavy (non-hydrogen) atoms. The fourth-order valence-electron chi connectivity index (χ4n) is 2.80. The molecule has 0 spiro atoms. The number of carbonyl (C=O) groups is 1. The van der Waals surface area contributed by atoms with Crippen molar-refractivity contribution in [3.63, 3.8) is 0 Å². The number of rotatable bonds is 9. The number of fused-ring (bicyclic) bond motifs is 1. The number of aromatic nitrogens is 1. The lowest BCUT2D eigenvalue weighted by atomic mass is 10.1. The van der Waals surface area contributed by atoms with Crippen molar-refractivity contribution in [2.75, 3.05) is 32.2 Å². The summed E-state index contributed by atoms with van der Waals surface area (Å²) in [7, 11) is -0.629. The first-order valence-corrected chi connectivity index (χ1v) is 10.2. The van der Waals surface area contributed by atoms with Crippen LogP contribution in [-0.4, -0.2) is 37.7 Å². The topological polar surface area (TPSA) is 77.5 Å². The van der Waals surface area contributed by atoms with Crippen LogP contribution in [0.5, 0.6) is 0 Å². The third-order valence-corrected chi connectivity index (χ3v) is 6.12. The fourth-order valence-corrected chi connectivity index (χ4v) is 3.79. The van der Waals surface area contributed by atoms with Gasteiger partial charge in [0.2, 0.25) is 0 Å². The Balaban J connectivity index is 1.75. The summed E-state index contributed by atoms with van der Waals surface area (Å²) in [4.78, 5) is 16.6. The van der Waals surface area contributed by atoms with Crippen LogP contribution in [0.25, 0.3) is 0 Å². The maximum atomic E-state index is 11.9. The van der Waals surface area contributed by atoms with E-state index in [4.69, 9.17) is 14.0 Å². The first kappa shape index (κ1) is 19.1. The zero-order valence-corrected chi connectivity index (χ0v) is 15.4. The summed E-state index contributed by atoms with van der Waals surface area (Å²) in [5.74, 6) is 0.931. The summed E-state index contributed by atoms with van der Waals surface area (Å²) in [6.07, 6.45) is 6.18. The number of carbonyl (C=O) groups excluding carboxylic acids is 1. The minimum atomic E-state index is -3.23.